The summed E-state index contributed by atoms with van der Waals surface area (Å²) in [6.45, 7) is 4.89. The molecule has 0 aliphatic carbocycles. The second-order valence-corrected chi connectivity index (χ2v) is 6.41. The Hall–Kier alpha value is -2.31. The van der Waals surface area contributed by atoms with Crippen LogP contribution in [0.1, 0.15) is 31.0 Å². The monoisotopic (exact) mass is 394 g/mol. The molecule has 0 spiro atoms. The first-order valence-corrected chi connectivity index (χ1v) is 9.07. The Kier molecular flexibility index (Phi) is 7.88. The van der Waals surface area contributed by atoms with E-state index in [1.165, 1.54) is 6.07 Å². The van der Waals surface area contributed by atoms with Gasteiger partial charge in [-0.2, -0.15) is 0 Å². The molecular weight excluding hydrogens is 371 g/mol. The molecule has 0 saturated carbocycles. The van der Waals surface area contributed by atoms with Crippen LogP contribution in [0, 0.1) is 5.82 Å². The van der Waals surface area contributed by atoms with Crippen LogP contribution in [0.4, 0.5) is 4.39 Å². The maximum Gasteiger partial charge on any atom is 0.257 e. The third-order valence-corrected chi connectivity index (χ3v) is 4.31. The molecule has 27 heavy (non-hydrogen) atoms. The van der Waals surface area contributed by atoms with Gasteiger partial charge in [-0.05, 0) is 49.2 Å². The number of likely N-dealkylation sites (N-methyl/N-ethyl adjacent to an activating group) is 1. The number of carbonyl (C=O) groups excluding carboxylic acids is 1. The maximum absolute atomic E-state index is 13.3. The summed E-state index contributed by atoms with van der Waals surface area (Å²) in [6, 6.07) is 10.2. The van der Waals surface area contributed by atoms with E-state index >= 15 is 0 Å². The number of hydrogen-bond acceptors (Lipinski definition) is 4. The van der Waals surface area contributed by atoms with Crippen LogP contribution in [-0.2, 0) is 11.3 Å². The van der Waals surface area contributed by atoms with Gasteiger partial charge in [-0.15, -0.1) is 0 Å². The van der Waals surface area contributed by atoms with Crippen LogP contribution < -0.4 is 20.1 Å². The van der Waals surface area contributed by atoms with Gasteiger partial charge in [0.1, 0.15) is 5.82 Å². The van der Waals surface area contributed by atoms with Gasteiger partial charge in [-0.3, -0.25) is 4.79 Å². The normalized spacial score (nSPS) is 11.7. The van der Waals surface area contributed by atoms with Gasteiger partial charge >= 0.3 is 0 Å². The average molecular weight is 395 g/mol. The number of amides is 1. The van der Waals surface area contributed by atoms with Crippen molar-refractivity contribution in [3.8, 4) is 11.5 Å². The highest BCUT2D eigenvalue weighted by Gasteiger charge is 2.11. The van der Waals surface area contributed by atoms with Crippen LogP contribution in [0.25, 0.3) is 0 Å². The summed E-state index contributed by atoms with van der Waals surface area (Å²) in [5.74, 6) is 0.444. The average Bonchev–Trinajstić information content (AvgIpc) is 2.67. The molecule has 1 unspecified atom stereocenters. The summed E-state index contributed by atoms with van der Waals surface area (Å²) in [5.41, 5.74) is 1.88. The molecule has 2 rings (SSSR count). The van der Waals surface area contributed by atoms with Crippen molar-refractivity contribution in [2.75, 3.05) is 20.3 Å². The van der Waals surface area contributed by atoms with Gasteiger partial charge in [0.05, 0.1) is 12.1 Å². The number of rotatable bonds is 9. The Morgan fingerprint density at radius 1 is 1.22 bits per heavy atom. The van der Waals surface area contributed by atoms with Gasteiger partial charge in [0.2, 0.25) is 0 Å². The van der Waals surface area contributed by atoms with Crippen molar-refractivity contribution in [3.05, 3.63) is 58.4 Å². The van der Waals surface area contributed by atoms with E-state index in [1.54, 1.807) is 25.3 Å². The smallest absolute Gasteiger partial charge is 0.257 e. The topological polar surface area (TPSA) is 59.6 Å². The number of benzene rings is 2. The van der Waals surface area contributed by atoms with E-state index in [0.29, 0.717) is 24.6 Å². The number of ether oxygens (including phenoxy) is 2. The Balaban J connectivity index is 1.98. The summed E-state index contributed by atoms with van der Waals surface area (Å²) in [7, 11) is 1.55. The van der Waals surface area contributed by atoms with E-state index in [9.17, 15) is 9.18 Å². The molecule has 2 aromatic carbocycles. The van der Waals surface area contributed by atoms with E-state index in [0.717, 1.165) is 11.1 Å². The van der Waals surface area contributed by atoms with E-state index in [1.807, 2.05) is 26.0 Å². The number of nitrogens with one attached hydrogen (secondary N) is 2. The molecule has 2 aromatic rings. The predicted octanol–water partition coefficient (Wildman–Crippen LogP) is 3.85. The number of halogens is 2. The van der Waals surface area contributed by atoms with Gasteiger partial charge < -0.3 is 20.1 Å². The SMILES string of the molecule is CCNC(=O)COc1ccc(CNC(C)c2ccc(F)c(Cl)c2)cc1OC. The predicted molar refractivity (Wildman–Crippen MR) is 104 cm³/mol. The molecule has 0 saturated heterocycles. The van der Waals surface area contributed by atoms with Gasteiger partial charge in [0, 0.05) is 19.1 Å². The Morgan fingerprint density at radius 2 is 2.00 bits per heavy atom. The molecule has 0 fully saturated rings. The second kappa shape index (κ2) is 10.1. The maximum atomic E-state index is 13.3. The molecule has 146 valence electrons. The molecule has 5 nitrogen and oxygen atoms in total. The first-order chi connectivity index (χ1) is 12.9. The van der Waals surface area contributed by atoms with E-state index < -0.39 is 5.82 Å². The molecule has 0 aliphatic rings. The highest BCUT2D eigenvalue weighted by atomic mass is 35.5. The lowest BCUT2D eigenvalue weighted by Crippen LogP contribution is -2.28. The third kappa shape index (κ3) is 6.12. The fourth-order valence-electron chi connectivity index (χ4n) is 2.50. The minimum Gasteiger partial charge on any atom is -0.493 e. The fraction of sp³-hybridized carbons (Fsp3) is 0.350. The summed E-state index contributed by atoms with van der Waals surface area (Å²) < 4.78 is 24.2. The van der Waals surface area contributed by atoms with Crippen LogP contribution in [0.15, 0.2) is 36.4 Å². The molecule has 0 bridgehead atoms. The van der Waals surface area contributed by atoms with Crippen molar-refractivity contribution in [1.29, 1.82) is 0 Å². The summed E-state index contributed by atoms with van der Waals surface area (Å²) >= 11 is 5.84. The van der Waals surface area contributed by atoms with Crippen molar-refractivity contribution in [1.82, 2.24) is 10.6 Å². The van der Waals surface area contributed by atoms with Gasteiger partial charge in [-0.1, -0.05) is 23.7 Å². The van der Waals surface area contributed by atoms with E-state index in [-0.39, 0.29) is 23.6 Å². The Labute approximate surface area is 163 Å². The van der Waals surface area contributed by atoms with Gasteiger partial charge in [0.15, 0.2) is 18.1 Å². The molecule has 0 aromatic heterocycles. The van der Waals surface area contributed by atoms with Crippen LogP contribution in [0.3, 0.4) is 0 Å². The van der Waals surface area contributed by atoms with Crippen molar-refractivity contribution < 1.29 is 18.7 Å². The molecule has 1 atom stereocenters. The second-order valence-electron chi connectivity index (χ2n) is 6.00. The largest absolute Gasteiger partial charge is 0.493 e. The molecule has 0 aliphatic heterocycles. The Bertz CT molecular complexity index is 786. The first-order valence-electron chi connectivity index (χ1n) is 8.69. The lowest BCUT2D eigenvalue weighted by molar-refractivity contribution is -0.123. The molecular formula is C20H24ClFN2O3. The van der Waals surface area contributed by atoms with Crippen LogP contribution in [0.5, 0.6) is 11.5 Å². The quantitative estimate of drug-likeness (QED) is 0.678. The minimum atomic E-state index is -0.430. The van der Waals surface area contributed by atoms with Crippen molar-refractivity contribution in [2.24, 2.45) is 0 Å². The van der Waals surface area contributed by atoms with Crippen LogP contribution >= 0.6 is 11.6 Å². The van der Waals surface area contributed by atoms with Gasteiger partial charge in [-0.25, -0.2) is 4.39 Å². The van der Waals surface area contributed by atoms with Crippen molar-refractivity contribution in [2.45, 2.75) is 26.4 Å². The van der Waals surface area contributed by atoms with Crippen molar-refractivity contribution >= 4 is 17.5 Å². The van der Waals surface area contributed by atoms with Crippen molar-refractivity contribution in [3.63, 3.8) is 0 Å². The lowest BCUT2D eigenvalue weighted by atomic mass is 10.1. The summed E-state index contributed by atoms with van der Waals surface area (Å²) in [6.07, 6.45) is 0. The highest BCUT2D eigenvalue weighted by Crippen LogP contribution is 2.28. The number of hydrogen-bond donors (Lipinski definition) is 2. The molecule has 0 radical (unpaired) electrons. The zero-order valence-corrected chi connectivity index (χ0v) is 16.4. The third-order valence-electron chi connectivity index (χ3n) is 4.02. The molecule has 0 heterocycles. The van der Waals surface area contributed by atoms with Gasteiger partial charge in [0.25, 0.3) is 5.91 Å². The number of methoxy groups -OCH3 is 1. The lowest BCUT2D eigenvalue weighted by Gasteiger charge is -2.16. The molecule has 1 amide bonds. The Morgan fingerprint density at radius 3 is 2.67 bits per heavy atom. The standard InChI is InChI=1S/C20H24ClFN2O3/c1-4-23-20(25)12-27-18-8-5-14(9-19(18)26-3)11-24-13(2)15-6-7-17(22)16(21)10-15/h5-10,13,24H,4,11-12H2,1-3H3,(H,23,25). The first kappa shape index (κ1) is 21.0. The summed E-state index contributed by atoms with van der Waals surface area (Å²) in [4.78, 5) is 11.5. The summed E-state index contributed by atoms with van der Waals surface area (Å²) in [5, 5.41) is 6.14. The minimum absolute atomic E-state index is 0.0113. The van der Waals surface area contributed by atoms with Crippen LogP contribution in [-0.4, -0.2) is 26.2 Å². The van der Waals surface area contributed by atoms with Crippen LogP contribution in [0.2, 0.25) is 5.02 Å². The highest BCUT2D eigenvalue weighted by molar-refractivity contribution is 6.30. The molecule has 7 heteroatoms. The number of carbonyl (C=O) groups is 1. The fourth-order valence-corrected chi connectivity index (χ4v) is 2.69. The zero-order chi connectivity index (χ0) is 19.8. The molecule has 2 N–H and O–H groups in total. The zero-order valence-electron chi connectivity index (χ0n) is 15.6. The van der Waals surface area contributed by atoms with E-state index in [4.69, 9.17) is 21.1 Å². The van der Waals surface area contributed by atoms with E-state index in [2.05, 4.69) is 10.6 Å².